The number of aromatic nitrogens is 2. The first-order chi connectivity index (χ1) is 19.3. The molecule has 0 amide bonds. The van der Waals surface area contributed by atoms with Crippen LogP contribution in [-0.4, -0.2) is 9.97 Å². The van der Waals surface area contributed by atoms with E-state index in [1.54, 1.807) is 11.3 Å². The van der Waals surface area contributed by atoms with Crippen molar-refractivity contribution in [1.29, 1.82) is 0 Å². The number of hydrogen-bond donors (Lipinski definition) is 0. The fourth-order valence-electron chi connectivity index (χ4n) is 5.68. The molecule has 0 aliphatic rings. The Kier molecular flexibility index (Phi) is 5.04. The Morgan fingerprint density at radius 1 is 0.385 bits per heavy atom. The molecule has 182 valence electrons. The Morgan fingerprint density at radius 3 is 1.59 bits per heavy atom. The van der Waals surface area contributed by atoms with Crippen LogP contribution in [0.5, 0.6) is 0 Å². The van der Waals surface area contributed by atoms with E-state index in [2.05, 4.69) is 127 Å². The quantitative estimate of drug-likeness (QED) is 0.219. The number of benzene rings is 6. The molecule has 8 aromatic rings. The molecular weight excluding hydrogens is 492 g/mol. The highest BCUT2D eigenvalue weighted by Gasteiger charge is 2.20. The van der Waals surface area contributed by atoms with Crippen LogP contribution in [0.4, 0.5) is 0 Å². The molecular formula is C36H22N2S. The highest BCUT2D eigenvalue weighted by Crippen LogP contribution is 2.46. The maximum absolute atomic E-state index is 5.25. The predicted octanol–water partition coefficient (Wildman–Crippen LogP) is 10.2. The molecule has 0 spiro atoms. The summed E-state index contributed by atoms with van der Waals surface area (Å²) >= 11 is 1.77. The van der Waals surface area contributed by atoms with Crippen LogP contribution in [-0.2, 0) is 0 Å². The molecule has 0 bridgehead atoms. The van der Waals surface area contributed by atoms with E-state index >= 15 is 0 Å². The molecule has 0 aliphatic carbocycles. The van der Waals surface area contributed by atoms with E-state index in [0.29, 0.717) is 0 Å². The van der Waals surface area contributed by atoms with Crippen LogP contribution in [0, 0.1) is 0 Å². The fraction of sp³-hybridized carbons (Fsp3) is 0. The number of fused-ring (bicyclic) bond motifs is 8. The average molecular weight is 515 g/mol. The van der Waals surface area contributed by atoms with Gasteiger partial charge < -0.3 is 0 Å². The van der Waals surface area contributed by atoms with E-state index < -0.39 is 0 Å². The Bertz CT molecular complexity index is 2150. The summed E-state index contributed by atoms with van der Waals surface area (Å²) in [6.07, 6.45) is 0. The van der Waals surface area contributed by atoms with Gasteiger partial charge in [0.05, 0.1) is 5.69 Å². The summed E-state index contributed by atoms with van der Waals surface area (Å²) in [6, 6.07) is 47.0. The third kappa shape index (κ3) is 3.55. The zero-order valence-corrected chi connectivity index (χ0v) is 21.8. The van der Waals surface area contributed by atoms with E-state index in [1.807, 2.05) is 6.07 Å². The summed E-state index contributed by atoms with van der Waals surface area (Å²) < 4.78 is 1.27. The van der Waals surface area contributed by atoms with Crippen molar-refractivity contribution in [1.82, 2.24) is 9.97 Å². The standard InChI is InChI=1S/C36H22N2S/c1-3-11-23(12-4-1)24-19-21-26(22-20-24)35-37-33(25-13-5-2-6-14-25)32-31-29-17-9-7-15-27(29)28-16-8-10-18-30(28)34(31)39-36(32)38-35/h1-22H. The van der Waals surface area contributed by atoms with Gasteiger partial charge in [-0.15, -0.1) is 11.3 Å². The van der Waals surface area contributed by atoms with Gasteiger partial charge in [-0.3, -0.25) is 0 Å². The molecule has 0 saturated heterocycles. The lowest BCUT2D eigenvalue weighted by Crippen LogP contribution is -1.94. The van der Waals surface area contributed by atoms with Gasteiger partial charge in [0.2, 0.25) is 0 Å². The van der Waals surface area contributed by atoms with Crippen LogP contribution in [0.15, 0.2) is 133 Å². The molecule has 0 saturated carbocycles. The Hall–Kier alpha value is -4.86. The lowest BCUT2D eigenvalue weighted by molar-refractivity contribution is 1.24. The highest BCUT2D eigenvalue weighted by molar-refractivity contribution is 7.26. The molecule has 0 N–H and O–H groups in total. The first-order valence-corrected chi connectivity index (χ1v) is 13.9. The molecule has 6 aromatic carbocycles. The number of hydrogen-bond acceptors (Lipinski definition) is 3. The third-order valence-corrected chi connectivity index (χ3v) is 8.62. The van der Waals surface area contributed by atoms with Gasteiger partial charge in [0, 0.05) is 32.0 Å². The minimum atomic E-state index is 0.751. The van der Waals surface area contributed by atoms with E-state index in [-0.39, 0.29) is 0 Å². The monoisotopic (exact) mass is 514 g/mol. The molecule has 0 unspecified atom stereocenters. The van der Waals surface area contributed by atoms with Gasteiger partial charge in [-0.1, -0.05) is 133 Å². The topological polar surface area (TPSA) is 25.8 Å². The second-order valence-electron chi connectivity index (χ2n) is 9.78. The van der Waals surface area contributed by atoms with Crippen molar-refractivity contribution in [3.05, 3.63) is 133 Å². The van der Waals surface area contributed by atoms with E-state index in [1.165, 1.54) is 42.8 Å². The second kappa shape index (κ2) is 8.87. The molecule has 0 fully saturated rings. The lowest BCUT2D eigenvalue weighted by atomic mass is 9.96. The molecule has 2 heterocycles. The van der Waals surface area contributed by atoms with Gasteiger partial charge in [-0.2, -0.15) is 0 Å². The maximum atomic E-state index is 5.25. The van der Waals surface area contributed by atoms with Crippen LogP contribution in [0.2, 0.25) is 0 Å². The summed E-state index contributed by atoms with van der Waals surface area (Å²) in [5, 5.41) is 7.43. The number of nitrogens with zero attached hydrogens (tertiary/aromatic N) is 2. The van der Waals surface area contributed by atoms with Crippen molar-refractivity contribution >= 4 is 53.2 Å². The minimum Gasteiger partial charge on any atom is -0.227 e. The first-order valence-electron chi connectivity index (χ1n) is 13.1. The van der Waals surface area contributed by atoms with Crippen molar-refractivity contribution in [2.45, 2.75) is 0 Å². The summed E-state index contributed by atoms with van der Waals surface area (Å²) in [4.78, 5) is 11.5. The second-order valence-corrected chi connectivity index (χ2v) is 10.8. The molecule has 0 radical (unpaired) electrons. The largest absolute Gasteiger partial charge is 0.227 e. The predicted molar refractivity (Wildman–Crippen MR) is 166 cm³/mol. The van der Waals surface area contributed by atoms with Crippen LogP contribution in [0.25, 0.3) is 75.6 Å². The zero-order valence-electron chi connectivity index (χ0n) is 21.0. The normalized spacial score (nSPS) is 11.6. The summed E-state index contributed by atoms with van der Waals surface area (Å²) in [5.74, 6) is 0.751. The molecule has 0 atom stereocenters. The molecule has 8 rings (SSSR count). The van der Waals surface area contributed by atoms with Gasteiger partial charge in [-0.25, -0.2) is 9.97 Å². The van der Waals surface area contributed by atoms with Crippen molar-refractivity contribution < 1.29 is 0 Å². The molecule has 2 aromatic heterocycles. The molecule has 0 aliphatic heterocycles. The van der Waals surface area contributed by atoms with Crippen LogP contribution >= 0.6 is 11.3 Å². The number of thiophene rings is 1. The van der Waals surface area contributed by atoms with Crippen molar-refractivity contribution in [3.8, 4) is 33.8 Å². The van der Waals surface area contributed by atoms with Gasteiger partial charge >= 0.3 is 0 Å². The van der Waals surface area contributed by atoms with Crippen LogP contribution < -0.4 is 0 Å². The van der Waals surface area contributed by atoms with E-state index in [4.69, 9.17) is 9.97 Å². The van der Waals surface area contributed by atoms with Crippen molar-refractivity contribution in [2.75, 3.05) is 0 Å². The van der Waals surface area contributed by atoms with Crippen molar-refractivity contribution in [2.24, 2.45) is 0 Å². The molecule has 2 nitrogen and oxygen atoms in total. The minimum absolute atomic E-state index is 0.751. The van der Waals surface area contributed by atoms with Gasteiger partial charge in [0.1, 0.15) is 4.83 Å². The third-order valence-electron chi connectivity index (χ3n) is 7.51. The lowest BCUT2D eigenvalue weighted by Gasteiger charge is -2.10. The summed E-state index contributed by atoms with van der Waals surface area (Å²) in [5.41, 5.74) is 5.48. The van der Waals surface area contributed by atoms with Crippen LogP contribution in [0.1, 0.15) is 0 Å². The highest BCUT2D eigenvalue weighted by atomic mass is 32.1. The van der Waals surface area contributed by atoms with Crippen molar-refractivity contribution in [3.63, 3.8) is 0 Å². The van der Waals surface area contributed by atoms with E-state index in [9.17, 15) is 0 Å². The van der Waals surface area contributed by atoms with Crippen LogP contribution in [0.3, 0.4) is 0 Å². The Morgan fingerprint density at radius 2 is 0.897 bits per heavy atom. The van der Waals surface area contributed by atoms with Gasteiger partial charge in [0.15, 0.2) is 5.82 Å². The zero-order chi connectivity index (χ0) is 25.8. The smallest absolute Gasteiger partial charge is 0.161 e. The van der Waals surface area contributed by atoms with E-state index in [0.717, 1.165) is 32.9 Å². The summed E-state index contributed by atoms with van der Waals surface area (Å²) in [6.45, 7) is 0. The SMILES string of the molecule is c1ccc(-c2ccc(-c3nc(-c4ccccc4)c4c(n3)sc3c5ccccc5c5ccccc5c34)cc2)cc1. The Labute approximate surface area is 229 Å². The molecule has 39 heavy (non-hydrogen) atoms. The average Bonchev–Trinajstić information content (AvgIpc) is 3.42. The maximum Gasteiger partial charge on any atom is 0.161 e. The van der Waals surface area contributed by atoms with Gasteiger partial charge in [-0.05, 0) is 27.3 Å². The molecule has 3 heteroatoms. The first kappa shape index (κ1) is 22.2. The van der Waals surface area contributed by atoms with Gasteiger partial charge in [0.25, 0.3) is 0 Å². The Balaban J connectivity index is 1.45. The fourth-order valence-corrected chi connectivity index (χ4v) is 6.90. The summed E-state index contributed by atoms with van der Waals surface area (Å²) in [7, 11) is 0. The number of rotatable bonds is 3.